The summed E-state index contributed by atoms with van der Waals surface area (Å²) in [6.07, 6.45) is 0.518. The van der Waals surface area contributed by atoms with Gasteiger partial charge in [-0.05, 0) is 72.4 Å². The van der Waals surface area contributed by atoms with Crippen molar-refractivity contribution < 1.29 is 29.0 Å². The van der Waals surface area contributed by atoms with Crippen LogP contribution in [0.3, 0.4) is 0 Å². The average molecular weight is 820 g/mol. The standard InChI is InChI=1S/C47H61N7O6/c1-31-15-14-18-35(49-31)30-53-25-26-54(45(53)59)41(47(5,6)7)43(57)50-36(27-32-16-10-9-11-17-32)29-39(55)38(51-42(56)40(46(2,3)4)52-44(58)60-8)28-33-20-22-34(23-21-33)37-19-12-13-24-48-37/h9-24,36,38-41,55H,25-30H2,1-8H3,(H,50,57)(H,51,56)(H,52,58). The fraction of sp³-hybridized carbons (Fsp3) is 0.447. The van der Waals surface area contributed by atoms with Crippen LogP contribution in [0.1, 0.15) is 70.5 Å². The van der Waals surface area contributed by atoms with Gasteiger partial charge in [0.1, 0.15) is 12.1 Å². The number of aliphatic hydroxyl groups excluding tert-OH is 1. The second-order valence-corrected chi connectivity index (χ2v) is 17.8. The Labute approximate surface area is 354 Å². The largest absolute Gasteiger partial charge is 0.453 e. The molecule has 1 aliphatic rings. The van der Waals surface area contributed by atoms with Crippen molar-refractivity contribution >= 4 is 23.9 Å². The van der Waals surface area contributed by atoms with Crippen LogP contribution in [0.5, 0.6) is 0 Å². The summed E-state index contributed by atoms with van der Waals surface area (Å²) < 4.78 is 4.84. The summed E-state index contributed by atoms with van der Waals surface area (Å²) in [5.74, 6) is -0.822. The number of hydrogen-bond donors (Lipinski definition) is 4. The van der Waals surface area contributed by atoms with Crippen LogP contribution in [-0.4, -0.2) is 99.3 Å². The first-order chi connectivity index (χ1) is 28.4. The summed E-state index contributed by atoms with van der Waals surface area (Å²) >= 11 is 0. The molecule has 0 radical (unpaired) electrons. The molecule has 2 aromatic heterocycles. The second-order valence-electron chi connectivity index (χ2n) is 17.8. The van der Waals surface area contributed by atoms with Gasteiger partial charge in [-0.1, -0.05) is 108 Å². The molecule has 4 N–H and O–H groups in total. The lowest BCUT2D eigenvalue weighted by atomic mass is 9.84. The molecule has 13 nitrogen and oxygen atoms in total. The van der Waals surface area contributed by atoms with E-state index in [1.807, 2.05) is 139 Å². The highest BCUT2D eigenvalue weighted by Gasteiger charge is 2.44. The van der Waals surface area contributed by atoms with Crippen LogP contribution in [0.4, 0.5) is 9.59 Å². The Bertz CT molecular complexity index is 2050. The summed E-state index contributed by atoms with van der Waals surface area (Å²) in [7, 11) is 1.23. The van der Waals surface area contributed by atoms with Crippen LogP contribution < -0.4 is 16.0 Å². The maximum Gasteiger partial charge on any atom is 0.407 e. The molecule has 2 aromatic carbocycles. The quantitative estimate of drug-likeness (QED) is 0.106. The predicted octanol–water partition coefficient (Wildman–Crippen LogP) is 6.08. The van der Waals surface area contributed by atoms with Gasteiger partial charge in [0.05, 0.1) is 37.2 Å². The Kier molecular flexibility index (Phi) is 15.1. The van der Waals surface area contributed by atoms with E-state index in [1.54, 1.807) is 16.0 Å². The highest BCUT2D eigenvalue weighted by molar-refractivity contribution is 5.89. The van der Waals surface area contributed by atoms with Gasteiger partial charge in [-0.3, -0.25) is 19.6 Å². The summed E-state index contributed by atoms with van der Waals surface area (Å²) in [6, 6.07) is 25.4. The molecule has 4 aromatic rings. The lowest BCUT2D eigenvalue weighted by Gasteiger charge is -2.38. The number of carbonyl (C=O) groups is 4. The van der Waals surface area contributed by atoms with E-state index in [0.717, 1.165) is 33.8 Å². The minimum Gasteiger partial charge on any atom is -0.453 e. The predicted molar refractivity (Wildman–Crippen MR) is 232 cm³/mol. The fourth-order valence-electron chi connectivity index (χ4n) is 7.70. The summed E-state index contributed by atoms with van der Waals surface area (Å²) in [5.41, 5.74) is 3.82. The molecule has 1 fully saturated rings. The Morgan fingerprint density at radius 1 is 0.783 bits per heavy atom. The Hall–Kier alpha value is -5.82. The molecule has 60 heavy (non-hydrogen) atoms. The molecule has 0 spiro atoms. The SMILES string of the molecule is COC(=O)NC(C(=O)NC(Cc1ccc(-c2ccccn2)cc1)C(O)CC(Cc1ccccc1)NC(=O)C(N1CCN(Cc2cccc(C)n2)C1=O)C(C)(C)C)C(C)(C)C. The molecule has 1 aliphatic heterocycles. The zero-order chi connectivity index (χ0) is 43.6. The van der Waals surface area contributed by atoms with Crippen molar-refractivity contribution in [2.24, 2.45) is 10.8 Å². The first-order valence-electron chi connectivity index (χ1n) is 20.6. The lowest BCUT2D eigenvalue weighted by Crippen LogP contribution is -2.59. The minimum absolute atomic E-state index is 0.0676. The van der Waals surface area contributed by atoms with Gasteiger partial charge in [-0.2, -0.15) is 0 Å². The number of aliphatic hydroxyl groups is 1. The number of aryl methyl sites for hydroxylation is 1. The molecule has 320 valence electrons. The van der Waals surface area contributed by atoms with Gasteiger partial charge in [-0.25, -0.2) is 9.59 Å². The average Bonchev–Trinajstić information content (AvgIpc) is 3.54. The van der Waals surface area contributed by atoms with E-state index in [4.69, 9.17) is 4.74 Å². The summed E-state index contributed by atoms with van der Waals surface area (Å²) in [5, 5.41) is 21.1. The van der Waals surface area contributed by atoms with Crippen LogP contribution >= 0.6 is 0 Å². The smallest absolute Gasteiger partial charge is 0.407 e. The zero-order valence-electron chi connectivity index (χ0n) is 36.1. The molecule has 0 bridgehead atoms. The van der Waals surface area contributed by atoms with E-state index in [1.165, 1.54) is 7.11 Å². The summed E-state index contributed by atoms with van der Waals surface area (Å²) in [6.45, 7) is 14.4. The van der Waals surface area contributed by atoms with Gasteiger partial charge in [0, 0.05) is 36.6 Å². The third-order valence-corrected chi connectivity index (χ3v) is 10.7. The molecule has 0 saturated carbocycles. The van der Waals surface area contributed by atoms with Crippen molar-refractivity contribution in [2.45, 2.75) is 105 Å². The molecular formula is C47H61N7O6. The Balaban J connectivity index is 1.42. The molecule has 0 aliphatic carbocycles. The number of nitrogens with zero attached hydrogens (tertiary/aromatic N) is 4. The van der Waals surface area contributed by atoms with E-state index in [9.17, 15) is 24.3 Å². The number of rotatable bonds is 16. The molecule has 5 amide bonds. The van der Waals surface area contributed by atoms with Crippen molar-refractivity contribution in [1.29, 1.82) is 0 Å². The zero-order valence-corrected chi connectivity index (χ0v) is 36.1. The number of alkyl carbamates (subject to hydrolysis) is 1. The molecule has 5 atom stereocenters. The van der Waals surface area contributed by atoms with Gasteiger partial charge in [0.25, 0.3) is 0 Å². The number of aromatic nitrogens is 2. The van der Waals surface area contributed by atoms with Crippen LogP contribution in [0.2, 0.25) is 0 Å². The van der Waals surface area contributed by atoms with E-state index in [-0.39, 0.29) is 24.8 Å². The number of ether oxygens (including phenoxy) is 1. The second kappa shape index (κ2) is 20.0. The van der Waals surface area contributed by atoms with Gasteiger partial charge in [-0.15, -0.1) is 0 Å². The lowest BCUT2D eigenvalue weighted by molar-refractivity contribution is -0.130. The fourth-order valence-corrected chi connectivity index (χ4v) is 7.70. The topological polar surface area (TPSA) is 166 Å². The number of benzene rings is 2. The molecule has 5 unspecified atom stereocenters. The van der Waals surface area contributed by atoms with Crippen LogP contribution in [0.25, 0.3) is 11.3 Å². The number of carbonyl (C=O) groups excluding carboxylic acids is 4. The first-order valence-corrected chi connectivity index (χ1v) is 20.6. The summed E-state index contributed by atoms with van der Waals surface area (Å²) in [4.78, 5) is 67.3. The van der Waals surface area contributed by atoms with Gasteiger partial charge in [0.2, 0.25) is 11.8 Å². The molecule has 13 heteroatoms. The van der Waals surface area contributed by atoms with E-state index in [0.29, 0.717) is 26.1 Å². The number of urea groups is 1. The van der Waals surface area contributed by atoms with Crippen molar-refractivity contribution in [3.8, 4) is 11.3 Å². The van der Waals surface area contributed by atoms with Crippen LogP contribution in [-0.2, 0) is 33.7 Å². The van der Waals surface area contributed by atoms with E-state index >= 15 is 0 Å². The van der Waals surface area contributed by atoms with Crippen LogP contribution in [0.15, 0.2) is 97.2 Å². The number of pyridine rings is 2. The van der Waals surface area contributed by atoms with Gasteiger partial charge in [0.15, 0.2) is 0 Å². The number of methoxy groups -OCH3 is 1. The first kappa shape index (κ1) is 45.3. The molecule has 1 saturated heterocycles. The number of nitrogens with one attached hydrogen (secondary N) is 3. The number of amides is 5. The maximum absolute atomic E-state index is 14.6. The number of hydrogen-bond acceptors (Lipinski definition) is 8. The normalized spacial score (nSPS) is 15.7. The minimum atomic E-state index is -1.16. The molecule has 5 rings (SSSR count). The van der Waals surface area contributed by atoms with Crippen molar-refractivity contribution in [3.05, 3.63) is 120 Å². The Morgan fingerprint density at radius 2 is 1.47 bits per heavy atom. The van der Waals surface area contributed by atoms with Crippen molar-refractivity contribution in [3.63, 3.8) is 0 Å². The van der Waals surface area contributed by atoms with Crippen molar-refractivity contribution in [1.82, 2.24) is 35.7 Å². The monoisotopic (exact) mass is 819 g/mol. The van der Waals surface area contributed by atoms with Crippen molar-refractivity contribution in [2.75, 3.05) is 20.2 Å². The molecule has 3 heterocycles. The van der Waals surface area contributed by atoms with Crippen LogP contribution in [0, 0.1) is 17.8 Å². The third-order valence-electron chi connectivity index (χ3n) is 10.7. The van der Waals surface area contributed by atoms with E-state index in [2.05, 4.69) is 25.9 Å². The third kappa shape index (κ3) is 12.4. The maximum atomic E-state index is 14.6. The Morgan fingerprint density at radius 3 is 2.08 bits per heavy atom. The van der Waals surface area contributed by atoms with Gasteiger partial charge >= 0.3 is 12.1 Å². The molecular weight excluding hydrogens is 759 g/mol. The van der Waals surface area contributed by atoms with E-state index < -0.39 is 53.1 Å². The highest BCUT2D eigenvalue weighted by atomic mass is 16.5. The van der Waals surface area contributed by atoms with Gasteiger partial charge < -0.3 is 35.6 Å². The highest BCUT2D eigenvalue weighted by Crippen LogP contribution is 2.29.